The van der Waals surface area contributed by atoms with E-state index in [-0.39, 0.29) is 0 Å². The Kier molecular flexibility index (Phi) is 3.87. The molecule has 0 aromatic rings. The summed E-state index contributed by atoms with van der Waals surface area (Å²) < 4.78 is 0. The fraction of sp³-hybridized carbons (Fsp3) is 1.00. The summed E-state index contributed by atoms with van der Waals surface area (Å²) in [5.74, 6) is 0. The lowest BCUT2D eigenvalue weighted by Gasteiger charge is -2.34. The number of hydrogen-bond acceptors (Lipinski definition) is 2. The Morgan fingerprint density at radius 1 is 1.31 bits per heavy atom. The van der Waals surface area contributed by atoms with Gasteiger partial charge in [0.25, 0.3) is 0 Å². The monoisotopic (exact) mass is 240 g/mol. The fourth-order valence-corrected chi connectivity index (χ4v) is 5.40. The standard InChI is InChI=1S/C8H17O2PS2/c1-8(2)5-3-7(4-6-8)13-11(9,10)12/h7H,3-6H2,1-2H3,(H2,9,10,12). The van der Waals surface area contributed by atoms with Crippen molar-refractivity contribution >= 4 is 28.9 Å². The quantitative estimate of drug-likeness (QED) is 0.728. The van der Waals surface area contributed by atoms with Crippen molar-refractivity contribution in [3.05, 3.63) is 0 Å². The maximum absolute atomic E-state index is 9.14. The third-order valence-electron chi connectivity index (χ3n) is 2.57. The van der Waals surface area contributed by atoms with E-state index in [1.807, 2.05) is 0 Å². The van der Waals surface area contributed by atoms with Crippen molar-refractivity contribution in [2.24, 2.45) is 5.41 Å². The van der Waals surface area contributed by atoms with Crippen LogP contribution in [0.15, 0.2) is 0 Å². The highest BCUT2D eigenvalue weighted by molar-refractivity contribution is 8.67. The molecule has 0 bridgehead atoms. The van der Waals surface area contributed by atoms with Gasteiger partial charge >= 0.3 is 0 Å². The second kappa shape index (κ2) is 4.19. The van der Waals surface area contributed by atoms with Crippen molar-refractivity contribution in [2.75, 3.05) is 0 Å². The van der Waals surface area contributed by atoms with Crippen LogP contribution in [0.1, 0.15) is 39.5 Å². The summed E-state index contributed by atoms with van der Waals surface area (Å²) in [5.41, 5.74) is -2.59. The van der Waals surface area contributed by atoms with Gasteiger partial charge in [-0.2, -0.15) is 0 Å². The van der Waals surface area contributed by atoms with Gasteiger partial charge in [0, 0.05) is 5.25 Å². The molecule has 2 N–H and O–H groups in total. The Bertz CT molecular complexity index is 214. The van der Waals surface area contributed by atoms with Gasteiger partial charge in [-0.1, -0.05) is 25.2 Å². The van der Waals surface area contributed by atoms with Crippen LogP contribution < -0.4 is 0 Å². The van der Waals surface area contributed by atoms with Crippen LogP contribution in [0.25, 0.3) is 0 Å². The van der Waals surface area contributed by atoms with E-state index in [4.69, 9.17) is 9.79 Å². The van der Waals surface area contributed by atoms with Crippen LogP contribution in [0.2, 0.25) is 0 Å². The van der Waals surface area contributed by atoms with E-state index in [0.29, 0.717) is 10.7 Å². The molecule has 5 heteroatoms. The molecule has 0 atom stereocenters. The first-order chi connectivity index (χ1) is 5.79. The molecule has 1 fully saturated rings. The van der Waals surface area contributed by atoms with Gasteiger partial charge in [0.15, 0.2) is 0 Å². The summed E-state index contributed by atoms with van der Waals surface area (Å²) in [6.45, 7) is 4.53. The zero-order chi connectivity index (χ0) is 10.1. The second-order valence-electron chi connectivity index (χ2n) is 4.46. The third kappa shape index (κ3) is 4.80. The van der Waals surface area contributed by atoms with Crippen molar-refractivity contribution in [2.45, 2.75) is 44.8 Å². The smallest absolute Gasteiger partial charge is 0.242 e. The van der Waals surface area contributed by atoms with Crippen LogP contribution in [0.3, 0.4) is 0 Å². The highest BCUT2D eigenvalue weighted by Gasteiger charge is 2.29. The molecule has 1 aliphatic carbocycles. The Hall–Kier alpha value is 0.920. The van der Waals surface area contributed by atoms with Crippen molar-refractivity contribution < 1.29 is 9.79 Å². The molecule has 1 rings (SSSR count). The molecule has 1 aliphatic rings. The highest BCUT2D eigenvalue weighted by Crippen LogP contribution is 2.56. The molecular weight excluding hydrogens is 223 g/mol. The summed E-state index contributed by atoms with van der Waals surface area (Å²) in [6.07, 6.45) is 4.47. The van der Waals surface area contributed by atoms with E-state index in [1.54, 1.807) is 0 Å². The molecule has 0 unspecified atom stereocenters. The van der Waals surface area contributed by atoms with Crippen LogP contribution in [0, 0.1) is 5.41 Å². The van der Waals surface area contributed by atoms with Crippen LogP contribution >= 0.6 is 17.1 Å². The Morgan fingerprint density at radius 2 is 1.77 bits per heavy atom. The molecule has 78 valence electrons. The van der Waals surface area contributed by atoms with E-state index < -0.39 is 5.69 Å². The lowest BCUT2D eigenvalue weighted by atomic mass is 9.77. The molecule has 0 aromatic carbocycles. The van der Waals surface area contributed by atoms with Gasteiger partial charge in [-0.05, 0) is 42.9 Å². The van der Waals surface area contributed by atoms with Crippen LogP contribution in [-0.4, -0.2) is 15.0 Å². The van der Waals surface area contributed by atoms with Crippen LogP contribution in [-0.2, 0) is 11.8 Å². The summed E-state index contributed by atoms with van der Waals surface area (Å²) in [6, 6.07) is 0. The zero-order valence-electron chi connectivity index (χ0n) is 8.06. The Morgan fingerprint density at radius 3 is 2.15 bits per heavy atom. The van der Waals surface area contributed by atoms with Crippen molar-refractivity contribution in [3.63, 3.8) is 0 Å². The van der Waals surface area contributed by atoms with Gasteiger partial charge in [0.1, 0.15) is 0 Å². The predicted octanol–water partition coefficient (Wildman–Crippen LogP) is 2.90. The molecule has 0 radical (unpaired) electrons. The topological polar surface area (TPSA) is 40.5 Å². The minimum Gasteiger partial charge on any atom is -0.338 e. The van der Waals surface area contributed by atoms with Crippen molar-refractivity contribution in [1.29, 1.82) is 0 Å². The third-order valence-corrected chi connectivity index (χ3v) is 6.11. The molecule has 0 spiro atoms. The van der Waals surface area contributed by atoms with Gasteiger partial charge in [-0.25, -0.2) is 0 Å². The lowest BCUT2D eigenvalue weighted by molar-refractivity contribution is 0.249. The van der Waals surface area contributed by atoms with E-state index in [2.05, 4.69) is 25.7 Å². The SMILES string of the molecule is CC1(C)CCC(SP(O)(O)=S)CC1. The van der Waals surface area contributed by atoms with E-state index in [1.165, 1.54) is 24.2 Å². The average Bonchev–Trinajstić information content (AvgIpc) is 1.91. The van der Waals surface area contributed by atoms with E-state index >= 15 is 0 Å². The maximum atomic E-state index is 9.14. The molecule has 13 heavy (non-hydrogen) atoms. The Balaban J connectivity index is 2.38. The molecule has 0 aliphatic heterocycles. The molecule has 0 saturated heterocycles. The maximum Gasteiger partial charge on any atom is 0.242 e. The van der Waals surface area contributed by atoms with Gasteiger partial charge in [-0.15, -0.1) is 0 Å². The first kappa shape index (κ1) is 12.0. The van der Waals surface area contributed by atoms with Gasteiger partial charge < -0.3 is 9.79 Å². The van der Waals surface area contributed by atoms with Crippen molar-refractivity contribution in [3.8, 4) is 0 Å². The van der Waals surface area contributed by atoms with Crippen molar-refractivity contribution in [1.82, 2.24) is 0 Å². The summed E-state index contributed by atoms with van der Waals surface area (Å²) in [4.78, 5) is 18.3. The molecule has 1 saturated carbocycles. The molecule has 2 nitrogen and oxygen atoms in total. The molecular formula is C8H17O2PS2. The first-order valence-electron chi connectivity index (χ1n) is 4.52. The lowest BCUT2D eigenvalue weighted by Crippen LogP contribution is -2.22. The number of hydrogen-bond donors (Lipinski definition) is 2. The minimum absolute atomic E-state index is 0.369. The predicted molar refractivity (Wildman–Crippen MR) is 62.4 cm³/mol. The summed E-state index contributed by atoms with van der Waals surface area (Å²) >= 11 is 5.82. The second-order valence-corrected chi connectivity index (χ2v) is 10.7. The molecule has 0 heterocycles. The summed E-state index contributed by atoms with van der Waals surface area (Å²) in [5, 5.41) is 0.369. The fourth-order valence-electron chi connectivity index (χ4n) is 1.67. The minimum atomic E-state index is -3.03. The van der Waals surface area contributed by atoms with Gasteiger partial charge in [0.05, 0.1) is 0 Å². The largest absolute Gasteiger partial charge is 0.338 e. The van der Waals surface area contributed by atoms with E-state index in [0.717, 1.165) is 12.8 Å². The van der Waals surface area contributed by atoms with E-state index in [9.17, 15) is 0 Å². The first-order valence-corrected chi connectivity index (χ1v) is 8.72. The van der Waals surface area contributed by atoms with Gasteiger partial charge in [0.2, 0.25) is 5.69 Å². The molecule has 0 amide bonds. The van der Waals surface area contributed by atoms with Gasteiger partial charge in [-0.3, -0.25) is 0 Å². The normalized spacial score (nSPS) is 24.6. The highest BCUT2D eigenvalue weighted by atomic mass is 32.9. The van der Waals surface area contributed by atoms with Crippen LogP contribution in [0.4, 0.5) is 0 Å². The zero-order valence-corrected chi connectivity index (χ0v) is 10.6. The van der Waals surface area contributed by atoms with Crippen LogP contribution in [0.5, 0.6) is 0 Å². The average molecular weight is 240 g/mol. The summed E-state index contributed by atoms with van der Waals surface area (Å²) in [7, 11) is 0. The number of rotatable bonds is 2. The molecule has 0 aromatic heterocycles. The Labute approximate surface area is 89.0 Å².